The van der Waals surface area contributed by atoms with Crippen LogP contribution < -0.4 is 10.9 Å². The quantitative estimate of drug-likeness (QED) is 0.731. The van der Waals surface area contributed by atoms with Gasteiger partial charge in [-0.3, -0.25) is 9.59 Å². The maximum atomic E-state index is 12.7. The van der Waals surface area contributed by atoms with Gasteiger partial charge < -0.3 is 10.2 Å². The molecular formula is C19H21N5O2S. The van der Waals surface area contributed by atoms with Gasteiger partial charge in [0.25, 0.3) is 5.56 Å². The third-order valence-electron chi connectivity index (χ3n) is 4.75. The first-order valence-electron chi connectivity index (χ1n) is 9.04. The number of aryl methyl sites for hydroxylation is 2. The van der Waals surface area contributed by atoms with E-state index in [1.54, 1.807) is 0 Å². The van der Waals surface area contributed by atoms with Gasteiger partial charge in [0.05, 0.1) is 0 Å². The fraction of sp³-hybridized carbons (Fsp3) is 0.368. The molecule has 1 saturated heterocycles. The van der Waals surface area contributed by atoms with Gasteiger partial charge in [-0.15, -0.1) is 5.10 Å². The van der Waals surface area contributed by atoms with Crippen LogP contribution in [0, 0.1) is 6.92 Å². The third kappa shape index (κ3) is 3.57. The number of anilines is 1. The Morgan fingerprint density at radius 2 is 2.04 bits per heavy atom. The molecule has 1 N–H and O–H groups in total. The number of nitrogens with zero attached hydrogens (tertiary/aromatic N) is 4. The van der Waals surface area contributed by atoms with Gasteiger partial charge in [-0.1, -0.05) is 48.1 Å². The summed E-state index contributed by atoms with van der Waals surface area (Å²) in [5.41, 5.74) is 2.88. The van der Waals surface area contributed by atoms with E-state index < -0.39 is 0 Å². The Balaban J connectivity index is 1.48. The minimum absolute atomic E-state index is 0.0596. The number of carbonyl (C=O) groups is 1. The SMILES string of the molecule is CCc1cc(=O)n2nc(NC3CCN(Cc4ccc(C)cc4)C3=O)sc2n1. The van der Waals surface area contributed by atoms with Gasteiger partial charge in [0.15, 0.2) is 0 Å². The maximum Gasteiger partial charge on any atom is 0.275 e. The molecule has 1 aromatic carbocycles. The highest BCUT2D eigenvalue weighted by atomic mass is 32.1. The van der Waals surface area contributed by atoms with E-state index in [1.165, 1.54) is 27.5 Å². The minimum Gasteiger partial charge on any atom is -0.348 e. The molecule has 27 heavy (non-hydrogen) atoms. The van der Waals surface area contributed by atoms with Crippen LogP contribution in [0.2, 0.25) is 0 Å². The Kier molecular flexibility index (Phi) is 4.65. The van der Waals surface area contributed by atoms with Gasteiger partial charge in [0.2, 0.25) is 16.0 Å². The monoisotopic (exact) mass is 383 g/mol. The zero-order valence-electron chi connectivity index (χ0n) is 15.3. The highest BCUT2D eigenvalue weighted by Crippen LogP contribution is 2.22. The van der Waals surface area contributed by atoms with Crippen LogP contribution in [0.5, 0.6) is 0 Å². The van der Waals surface area contributed by atoms with Crippen LogP contribution in [0.1, 0.15) is 30.2 Å². The van der Waals surface area contributed by atoms with Crippen molar-refractivity contribution in [2.75, 3.05) is 11.9 Å². The molecule has 3 aromatic rings. The van der Waals surface area contributed by atoms with Crippen molar-refractivity contribution >= 4 is 27.3 Å². The number of hydrogen-bond acceptors (Lipinski definition) is 6. The fourth-order valence-corrected chi connectivity index (χ4v) is 4.07. The number of carbonyl (C=O) groups excluding carboxylic acids is 1. The van der Waals surface area contributed by atoms with Gasteiger partial charge >= 0.3 is 0 Å². The highest BCUT2D eigenvalue weighted by Gasteiger charge is 2.32. The summed E-state index contributed by atoms with van der Waals surface area (Å²) < 4.78 is 1.29. The second-order valence-electron chi connectivity index (χ2n) is 6.77. The van der Waals surface area contributed by atoms with Gasteiger partial charge in [-0.2, -0.15) is 4.52 Å². The molecule has 0 spiro atoms. The second kappa shape index (κ2) is 7.11. The van der Waals surface area contributed by atoms with Crippen molar-refractivity contribution in [3.63, 3.8) is 0 Å². The first kappa shape index (κ1) is 17.7. The average molecular weight is 383 g/mol. The molecule has 0 aliphatic carbocycles. The largest absolute Gasteiger partial charge is 0.348 e. The summed E-state index contributed by atoms with van der Waals surface area (Å²) in [6.45, 7) is 5.32. The summed E-state index contributed by atoms with van der Waals surface area (Å²) in [5.74, 6) is 0.0596. The predicted octanol–water partition coefficient (Wildman–Crippen LogP) is 2.23. The van der Waals surface area contributed by atoms with E-state index in [9.17, 15) is 9.59 Å². The summed E-state index contributed by atoms with van der Waals surface area (Å²) in [6.07, 6.45) is 1.41. The molecule has 2 aromatic heterocycles. The van der Waals surface area contributed by atoms with E-state index in [-0.39, 0.29) is 17.5 Å². The highest BCUT2D eigenvalue weighted by molar-refractivity contribution is 7.20. The van der Waals surface area contributed by atoms with Gasteiger partial charge in [-0.25, -0.2) is 4.98 Å². The Hall–Kier alpha value is -2.74. The Morgan fingerprint density at radius 3 is 2.78 bits per heavy atom. The predicted molar refractivity (Wildman–Crippen MR) is 105 cm³/mol. The molecular weight excluding hydrogens is 362 g/mol. The molecule has 1 fully saturated rings. The number of benzene rings is 1. The molecule has 1 atom stereocenters. The number of aromatic nitrogens is 3. The second-order valence-corrected chi connectivity index (χ2v) is 7.73. The van der Waals surface area contributed by atoms with Crippen molar-refractivity contribution in [3.05, 3.63) is 57.5 Å². The Labute approximate surface area is 160 Å². The lowest BCUT2D eigenvalue weighted by Crippen LogP contribution is -2.33. The summed E-state index contributed by atoms with van der Waals surface area (Å²) in [4.78, 5) is 31.7. The van der Waals surface area contributed by atoms with Gasteiger partial charge in [-0.05, 0) is 25.3 Å². The number of nitrogens with one attached hydrogen (secondary N) is 1. The van der Waals surface area contributed by atoms with Crippen LogP contribution in [-0.2, 0) is 17.8 Å². The molecule has 1 amide bonds. The zero-order chi connectivity index (χ0) is 19.0. The molecule has 8 heteroatoms. The first-order chi connectivity index (χ1) is 13.0. The van der Waals surface area contributed by atoms with Crippen molar-refractivity contribution in [1.29, 1.82) is 0 Å². The average Bonchev–Trinajstić information content (AvgIpc) is 3.22. The van der Waals surface area contributed by atoms with Gasteiger partial charge in [0, 0.05) is 24.8 Å². The van der Waals surface area contributed by atoms with Crippen molar-refractivity contribution in [2.45, 2.75) is 39.3 Å². The Bertz CT molecular complexity index is 1040. The van der Waals surface area contributed by atoms with E-state index in [0.717, 1.165) is 11.3 Å². The van der Waals surface area contributed by atoms with Crippen molar-refractivity contribution in [1.82, 2.24) is 19.5 Å². The normalized spacial score (nSPS) is 17.0. The summed E-state index contributed by atoms with van der Waals surface area (Å²) >= 11 is 1.30. The lowest BCUT2D eigenvalue weighted by molar-refractivity contribution is -0.128. The van der Waals surface area contributed by atoms with E-state index >= 15 is 0 Å². The summed E-state index contributed by atoms with van der Waals surface area (Å²) in [6, 6.07) is 9.41. The number of likely N-dealkylation sites (tertiary alicyclic amines) is 1. The van der Waals surface area contributed by atoms with Crippen LogP contribution in [0.25, 0.3) is 4.96 Å². The number of amides is 1. The lowest BCUT2D eigenvalue weighted by atomic mass is 10.1. The van der Waals surface area contributed by atoms with E-state index in [4.69, 9.17) is 0 Å². The summed E-state index contributed by atoms with van der Waals surface area (Å²) in [5, 5.41) is 8.01. The van der Waals surface area contributed by atoms with Crippen LogP contribution in [0.15, 0.2) is 35.1 Å². The molecule has 1 aliphatic rings. The van der Waals surface area contributed by atoms with E-state index in [2.05, 4.69) is 39.7 Å². The molecule has 4 rings (SSSR count). The summed E-state index contributed by atoms with van der Waals surface area (Å²) in [7, 11) is 0. The molecule has 7 nitrogen and oxygen atoms in total. The van der Waals surface area contributed by atoms with E-state index in [1.807, 2.05) is 18.7 Å². The fourth-order valence-electron chi connectivity index (χ4n) is 3.19. The van der Waals surface area contributed by atoms with Crippen molar-refractivity contribution < 1.29 is 4.79 Å². The molecule has 0 saturated carbocycles. The lowest BCUT2D eigenvalue weighted by Gasteiger charge is -2.17. The smallest absolute Gasteiger partial charge is 0.275 e. The molecule has 140 valence electrons. The van der Waals surface area contributed by atoms with E-state index in [0.29, 0.717) is 36.0 Å². The van der Waals surface area contributed by atoms with Crippen molar-refractivity contribution in [2.24, 2.45) is 0 Å². The third-order valence-corrected chi connectivity index (χ3v) is 5.59. The number of hydrogen-bond donors (Lipinski definition) is 1. The molecule has 0 radical (unpaired) electrons. The van der Waals surface area contributed by atoms with Crippen LogP contribution in [-0.4, -0.2) is 38.0 Å². The number of rotatable bonds is 5. The zero-order valence-corrected chi connectivity index (χ0v) is 16.1. The minimum atomic E-state index is -0.322. The maximum absolute atomic E-state index is 12.7. The Morgan fingerprint density at radius 1 is 1.26 bits per heavy atom. The standard InChI is InChI=1S/C19H21N5O2S/c1-3-14-10-16(25)24-19(20-14)27-18(22-24)21-15-8-9-23(17(15)26)11-13-6-4-12(2)5-7-13/h4-7,10,15H,3,8-9,11H2,1-2H3,(H,21,22). The molecule has 3 heterocycles. The van der Waals surface area contributed by atoms with Crippen molar-refractivity contribution in [3.8, 4) is 0 Å². The molecule has 1 unspecified atom stereocenters. The topological polar surface area (TPSA) is 79.6 Å². The van der Waals surface area contributed by atoms with Crippen LogP contribution in [0.3, 0.4) is 0 Å². The molecule has 1 aliphatic heterocycles. The first-order valence-corrected chi connectivity index (χ1v) is 9.86. The molecule has 0 bridgehead atoms. The van der Waals surface area contributed by atoms with Gasteiger partial charge in [0.1, 0.15) is 6.04 Å². The van der Waals surface area contributed by atoms with Crippen LogP contribution in [0.4, 0.5) is 5.13 Å². The number of fused-ring (bicyclic) bond motifs is 1. The van der Waals surface area contributed by atoms with Crippen LogP contribution >= 0.6 is 11.3 Å².